The molecule has 0 bridgehead atoms. The lowest BCUT2D eigenvalue weighted by Crippen LogP contribution is -2.39. The minimum Gasteiger partial charge on any atom is -0.341 e. The molecule has 1 atom stereocenters. The Morgan fingerprint density at radius 2 is 2.04 bits per heavy atom. The molecule has 1 fully saturated rings. The standard InChI is InChI=1S/C18H21N3O2S/c22-17-12-15(19-18(23)20-16-9-5-11-24-16)13-21(17)10-4-8-14-6-2-1-3-7-14/h1-3,5-7,9,11,15H,4,8,10,12-13H2,(H2,19,20,23)/t15-/m1/s1. The van der Waals surface area contributed by atoms with Crippen LogP contribution in [0.1, 0.15) is 18.4 Å². The van der Waals surface area contributed by atoms with Crippen LogP contribution >= 0.6 is 11.3 Å². The molecule has 3 amide bonds. The largest absolute Gasteiger partial charge is 0.341 e. The van der Waals surface area contributed by atoms with Crippen molar-refractivity contribution in [2.45, 2.75) is 25.3 Å². The summed E-state index contributed by atoms with van der Waals surface area (Å²) < 4.78 is 0. The predicted octanol–water partition coefficient (Wildman–Crippen LogP) is 3.10. The molecule has 126 valence electrons. The van der Waals surface area contributed by atoms with Gasteiger partial charge in [0.1, 0.15) is 0 Å². The van der Waals surface area contributed by atoms with Gasteiger partial charge in [0.2, 0.25) is 5.91 Å². The maximum atomic E-state index is 12.1. The highest BCUT2D eigenvalue weighted by Gasteiger charge is 2.30. The van der Waals surface area contributed by atoms with Gasteiger partial charge in [-0.3, -0.25) is 10.1 Å². The Balaban J connectivity index is 1.41. The minimum absolute atomic E-state index is 0.115. The van der Waals surface area contributed by atoms with Gasteiger partial charge in [0.25, 0.3) is 0 Å². The highest BCUT2D eigenvalue weighted by molar-refractivity contribution is 7.14. The van der Waals surface area contributed by atoms with E-state index in [0.29, 0.717) is 13.0 Å². The molecule has 1 aromatic carbocycles. The molecule has 1 aliphatic heterocycles. The van der Waals surface area contributed by atoms with Crippen molar-refractivity contribution in [3.8, 4) is 0 Å². The van der Waals surface area contributed by atoms with E-state index in [0.717, 1.165) is 24.4 Å². The van der Waals surface area contributed by atoms with Gasteiger partial charge in [-0.25, -0.2) is 4.79 Å². The van der Waals surface area contributed by atoms with Gasteiger partial charge in [-0.05, 0) is 35.9 Å². The van der Waals surface area contributed by atoms with E-state index in [-0.39, 0.29) is 18.0 Å². The van der Waals surface area contributed by atoms with Crippen LogP contribution in [0.4, 0.5) is 9.80 Å². The highest BCUT2D eigenvalue weighted by Crippen LogP contribution is 2.16. The summed E-state index contributed by atoms with van der Waals surface area (Å²) in [7, 11) is 0. The average molecular weight is 343 g/mol. The summed E-state index contributed by atoms with van der Waals surface area (Å²) in [6.45, 7) is 1.32. The molecule has 0 aliphatic carbocycles. The first-order valence-corrected chi connectivity index (χ1v) is 9.01. The van der Waals surface area contributed by atoms with Gasteiger partial charge in [0, 0.05) is 19.5 Å². The molecule has 1 aliphatic rings. The van der Waals surface area contributed by atoms with Crippen LogP contribution in [0, 0.1) is 0 Å². The fraction of sp³-hybridized carbons (Fsp3) is 0.333. The Morgan fingerprint density at radius 3 is 2.79 bits per heavy atom. The minimum atomic E-state index is -0.249. The molecule has 5 nitrogen and oxygen atoms in total. The van der Waals surface area contributed by atoms with Crippen LogP contribution in [0.15, 0.2) is 47.8 Å². The van der Waals surface area contributed by atoms with Crippen molar-refractivity contribution in [2.75, 3.05) is 18.4 Å². The fourth-order valence-corrected chi connectivity index (χ4v) is 3.50. The van der Waals surface area contributed by atoms with E-state index in [1.54, 1.807) is 0 Å². The van der Waals surface area contributed by atoms with E-state index in [1.807, 2.05) is 40.6 Å². The molecule has 0 radical (unpaired) electrons. The average Bonchev–Trinajstić information content (AvgIpc) is 3.18. The molecule has 2 N–H and O–H groups in total. The van der Waals surface area contributed by atoms with Crippen LogP contribution in [-0.2, 0) is 11.2 Å². The number of thiophene rings is 1. The van der Waals surface area contributed by atoms with Crippen LogP contribution in [0.3, 0.4) is 0 Å². The lowest BCUT2D eigenvalue weighted by molar-refractivity contribution is -0.127. The zero-order chi connectivity index (χ0) is 16.8. The molecule has 0 saturated carbocycles. The quantitative estimate of drug-likeness (QED) is 0.847. The van der Waals surface area contributed by atoms with Crippen LogP contribution in [0.2, 0.25) is 0 Å². The van der Waals surface area contributed by atoms with E-state index >= 15 is 0 Å². The van der Waals surface area contributed by atoms with Gasteiger partial charge in [0.15, 0.2) is 0 Å². The van der Waals surface area contributed by atoms with Gasteiger partial charge >= 0.3 is 6.03 Å². The number of nitrogens with zero attached hydrogens (tertiary/aromatic N) is 1. The molecule has 0 spiro atoms. The Hall–Kier alpha value is -2.34. The van der Waals surface area contributed by atoms with Crippen molar-refractivity contribution >= 4 is 28.3 Å². The lowest BCUT2D eigenvalue weighted by Gasteiger charge is -2.17. The first kappa shape index (κ1) is 16.5. The van der Waals surface area contributed by atoms with Crippen molar-refractivity contribution < 1.29 is 9.59 Å². The number of carbonyl (C=O) groups is 2. The van der Waals surface area contributed by atoms with E-state index < -0.39 is 0 Å². The Kier molecular flexibility index (Phi) is 5.48. The van der Waals surface area contributed by atoms with E-state index in [4.69, 9.17) is 0 Å². The summed E-state index contributed by atoms with van der Waals surface area (Å²) >= 11 is 1.47. The summed E-state index contributed by atoms with van der Waals surface area (Å²) in [4.78, 5) is 25.9. The van der Waals surface area contributed by atoms with E-state index in [9.17, 15) is 9.59 Å². The highest BCUT2D eigenvalue weighted by atomic mass is 32.1. The van der Waals surface area contributed by atoms with Crippen molar-refractivity contribution in [1.29, 1.82) is 0 Å². The number of amides is 3. The summed E-state index contributed by atoms with van der Waals surface area (Å²) in [5.41, 5.74) is 1.29. The molecule has 6 heteroatoms. The zero-order valence-corrected chi connectivity index (χ0v) is 14.2. The van der Waals surface area contributed by atoms with Crippen molar-refractivity contribution in [1.82, 2.24) is 10.2 Å². The second-order valence-electron chi connectivity index (χ2n) is 5.91. The van der Waals surface area contributed by atoms with Gasteiger partial charge in [-0.15, -0.1) is 11.3 Å². The topological polar surface area (TPSA) is 61.4 Å². The number of benzene rings is 1. The molecule has 3 rings (SSSR count). The van der Waals surface area contributed by atoms with Crippen LogP contribution in [0.25, 0.3) is 0 Å². The second-order valence-corrected chi connectivity index (χ2v) is 6.85. The van der Waals surface area contributed by atoms with E-state index in [1.165, 1.54) is 16.9 Å². The smallest absolute Gasteiger partial charge is 0.320 e. The number of hydrogen-bond acceptors (Lipinski definition) is 3. The third-order valence-corrected chi connectivity index (χ3v) is 4.83. The van der Waals surface area contributed by atoms with Crippen LogP contribution in [0.5, 0.6) is 0 Å². The molecule has 2 aromatic rings. The molecule has 24 heavy (non-hydrogen) atoms. The SMILES string of the molecule is O=C(Nc1cccs1)N[C@@H]1CC(=O)N(CCCc2ccccc2)C1. The number of nitrogens with one attached hydrogen (secondary N) is 2. The molecular formula is C18H21N3O2S. The van der Waals surface area contributed by atoms with Crippen LogP contribution < -0.4 is 10.6 Å². The summed E-state index contributed by atoms with van der Waals surface area (Å²) in [6, 6.07) is 13.6. The normalized spacial score (nSPS) is 17.1. The van der Waals surface area contributed by atoms with Gasteiger partial charge < -0.3 is 10.2 Å². The molecule has 1 aromatic heterocycles. The summed E-state index contributed by atoms with van der Waals surface area (Å²) in [6.07, 6.45) is 2.27. The van der Waals surface area contributed by atoms with Crippen molar-refractivity contribution in [2.24, 2.45) is 0 Å². The summed E-state index contributed by atoms with van der Waals surface area (Å²) in [5.74, 6) is 0.115. The van der Waals surface area contributed by atoms with Crippen LogP contribution in [-0.4, -0.2) is 36.0 Å². The molecule has 2 heterocycles. The Bertz CT molecular complexity index is 673. The lowest BCUT2D eigenvalue weighted by atomic mass is 10.1. The number of anilines is 1. The maximum Gasteiger partial charge on any atom is 0.320 e. The first-order chi connectivity index (χ1) is 11.7. The van der Waals surface area contributed by atoms with Crippen molar-refractivity contribution in [3.63, 3.8) is 0 Å². The monoisotopic (exact) mass is 343 g/mol. The number of likely N-dealkylation sites (tertiary alicyclic amines) is 1. The van der Waals surface area contributed by atoms with Gasteiger partial charge in [0.05, 0.1) is 11.0 Å². The number of rotatable bonds is 6. The zero-order valence-electron chi connectivity index (χ0n) is 13.4. The molecular weight excluding hydrogens is 322 g/mol. The van der Waals surface area contributed by atoms with E-state index in [2.05, 4.69) is 22.8 Å². The summed E-state index contributed by atoms with van der Waals surface area (Å²) in [5, 5.41) is 8.37. The first-order valence-electron chi connectivity index (χ1n) is 8.13. The van der Waals surface area contributed by atoms with Crippen molar-refractivity contribution in [3.05, 3.63) is 53.4 Å². The maximum absolute atomic E-state index is 12.1. The number of urea groups is 1. The predicted molar refractivity (Wildman–Crippen MR) is 96.2 cm³/mol. The van der Waals surface area contributed by atoms with Gasteiger partial charge in [-0.2, -0.15) is 0 Å². The Morgan fingerprint density at radius 1 is 1.21 bits per heavy atom. The third-order valence-electron chi connectivity index (χ3n) is 4.04. The van der Waals surface area contributed by atoms with Gasteiger partial charge in [-0.1, -0.05) is 30.3 Å². The third kappa shape index (κ3) is 4.58. The number of aryl methyl sites for hydroxylation is 1. The Labute approximate surface area is 145 Å². The molecule has 1 saturated heterocycles. The fourth-order valence-electron chi connectivity index (χ4n) is 2.89. The molecule has 0 unspecified atom stereocenters. The number of hydrogen-bond donors (Lipinski definition) is 2. The number of carbonyl (C=O) groups excluding carboxylic acids is 2. The second kappa shape index (κ2) is 7.97.